The first-order chi connectivity index (χ1) is 9.58. The Bertz CT molecular complexity index is 474. The monoisotopic (exact) mass is 277 g/mol. The zero-order valence-corrected chi connectivity index (χ0v) is 11.5. The fraction of sp³-hybridized carbons (Fsp3) is 0.467. The number of rotatable bonds is 4. The molecule has 1 heterocycles. The van der Waals surface area contributed by atoms with Gasteiger partial charge in [0.25, 0.3) is 0 Å². The van der Waals surface area contributed by atoms with Crippen molar-refractivity contribution in [2.24, 2.45) is 0 Å². The van der Waals surface area contributed by atoms with Crippen LogP contribution in [0.2, 0.25) is 0 Å². The number of carbonyl (C=O) groups excluding carboxylic acids is 1. The normalized spacial score (nSPS) is 20.4. The second kappa shape index (κ2) is 6.52. The molecule has 2 atom stereocenters. The van der Waals surface area contributed by atoms with E-state index in [9.17, 15) is 9.59 Å². The number of amides is 1. The van der Waals surface area contributed by atoms with Crippen LogP contribution in [0.4, 0.5) is 0 Å². The van der Waals surface area contributed by atoms with Gasteiger partial charge in [0.15, 0.2) is 6.10 Å². The standard InChI is InChI=1S/C15H19NO4/c1-11(12-5-3-2-4-6-12)9-14(17)16-7-8-20-13(10-16)15(18)19/h2-6,11,13H,7-10H2,1H3,(H,18,19)/t11-,13+/m0/s1. The van der Waals surface area contributed by atoms with Crippen LogP contribution in [0.15, 0.2) is 30.3 Å². The fourth-order valence-electron chi connectivity index (χ4n) is 2.32. The molecule has 5 heteroatoms. The van der Waals surface area contributed by atoms with Gasteiger partial charge < -0.3 is 14.7 Å². The van der Waals surface area contributed by atoms with Gasteiger partial charge in [0.1, 0.15) is 0 Å². The molecule has 0 aromatic heterocycles. The lowest BCUT2D eigenvalue weighted by molar-refractivity contribution is -0.159. The topological polar surface area (TPSA) is 66.8 Å². The van der Waals surface area contributed by atoms with Crippen LogP contribution in [0.5, 0.6) is 0 Å². The van der Waals surface area contributed by atoms with Gasteiger partial charge in [0, 0.05) is 13.0 Å². The predicted octanol–water partition coefficient (Wildman–Crippen LogP) is 1.49. The minimum Gasteiger partial charge on any atom is -0.479 e. The first kappa shape index (κ1) is 14.5. The van der Waals surface area contributed by atoms with Gasteiger partial charge in [0.05, 0.1) is 13.2 Å². The third kappa shape index (κ3) is 3.57. The molecule has 0 unspecified atom stereocenters. The summed E-state index contributed by atoms with van der Waals surface area (Å²) >= 11 is 0. The average Bonchev–Trinajstić information content (AvgIpc) is 2.48. The number of hydrogen-bond donors (Lipinski definition) is 1. The third-order valence-corrected chi connectivity index (χ3v) is 3.54. The second-order valence-corrected chi connectivity index (χ2v) is 5.05. The molecule has 1 aromatic rings. The molecule has 0 radical (unpaired) electrons. The van der Waals surface area contributed by atoms with Crippen LogP contribution in [0.1, 0.15) is 24.8 Å². The molecule has 0 aliphatic carbocycles. The minimum atomic E-state index is -1.02. The van der Waals surface area contributed by atoms with Crippen molar-refractivity contribution in [3.05, 3.63) is 35.9 Å². The number of aliphatic carboxylic acids is 1. The number of carboxylic acid groups (broad SMARTS) is 1. The highest BCUT2D eigenvalue weighted by molar-refractivity contribution is 5.79. The van der Waals surface area contributed by atoms with Gasteiger partial charge in [-0.1, -0.05) is 37.3 Å². The summed E-state index contributed by atoms with van der Waals surface area (Å²) in [5.74, 6) is -0.913. The van der Waals surface area contributed by atoms with Crippen LogP contribution in [0, 0.1) is 0 Å². The van der Waals surface area contributed by atoms with Crippen LogP contribution in [0.25, 0.3) is 0 Å². The fourth-order valence-corrected chi connectivity index (χ4v) is 2.32. The molecule has 1 aromatic carbocycles. The Labute approximate surface area is 118 Å². The maximum absolute atomic E-state index is 12.2. The summed E-state index contributed by atoms with van der Waals surface area (Å²) < 4.78 is 5.12. The van der Waals surface area contributed by atoms with E-state index in [0.29, 0.717) is 13.0 Å². The van der Waals surface area contributed by atoms with E-state index in [1.165, 1.54) is 0 Å². The predicted molar refractivity (Wildman–Crippen MR) is 73.4 cm³/mol. The molecule has 108 valence electrons. The van der Waals surface area contributed by atoms with Crippen LogP contribution in [-0.4, -0.2) is 47.7 Å². The Kier molecular flexibility index (Phi) is 4.74. The molecule has 5 nitrogen and oxygen atoms in total. The van der Waals surface area contributed by atoms with E-state index >= 15 is 0 Å². The Balaban J connectivity index is 1.93. The van der Waals surface area contributed by atoms with Crippen molar-refractivity contribution in [1.82, 2.24) is 4.90 Å². The average molecular weight is 277 g/mol. The Morgan fingerprint density at radius 1 is 1.40 bits per heavy atom. The van der Waals surface area contributed by atoms with E-state index in [1.54, 1.807) is 4.90 Å². The van der Waals surface area contributed by atoms with Crippen molar-refractivity contribution >= 4 is 11.9 Å². The molecular formula is C15H19NO4. The first-order valence-corrected chi connectivity index (χ1v) is 6.75. The molecule has 1 fully saturated rings. The largest absolute Gasteiger partial charge is 0.479 e. The molecule has 1 saturated heterocycles. The van der Waals surface area contributed by atoms with Crippen molar-refractivity contribution in [2.75, 3.05) is 19.7 Å². The highest BCUT2D eigenvalue weighted by atomic mass is 16.5. The Morgan fingerprint density at radius 3 is 2.75 bits per heavy atom. The van der Waals surface area contributed by atoms with Gasteiger partial charge in [-0.3, -0.25) is 4.79 Å². The Hall–Kier alpha value is -1.88. The van der Waals surface area contributed by atoms with E-state index in [-0.39, 0.29) is 25.0 Å². The van der Waals surface area contributed by atoms with Crippen LogP contribution in [0.3, 0.4) is 0 Å². The lowest BCUT2D eigenvalue weighted by Crippen LogP contribution is -2.48. The van der Waals surface area contributed by atoms with Crippen molar-refractivity contribution in [3.8, 4) is 0 Å². The second-order valence-electron chi connectivity index (χ2n) is 5.05. The number of ether oxygens (including phenoxy) is 1. The van der Waals surface area contributed by atoms with Crippen molar-refractivity contribution in [3.63, 3.8) is 0 Å². The van der Waals surface area contributed by atoms with Crippen LogP contribution < -0.4 is 0 Å². The highest BCUT2D eigenvalue weighted by Crippen LogP contribution is 2.20. The molecule has 0 saturated carbocycles. The molecule has 1 N–H and O–H groups in total. The smallest absolute Gasteiger partial charge is 0.334 e. The molecule has 0 spiro atoms. The summed E-state index contributed by atoms with van der Waals surface area (Å²) in [5.41, 5.74) is 1.11. The van der Waals surface area contributed by atoms with Crippen molar-refractivity contribution in [1.29, 1.82) is 0 Å². The van der Waals surface area contributed by atoms with Crippen LogP contribution >= 0.6 is 0 Å². The molecule has 1 aliphatic heterocycles. The van der Waals surface area contributed by atoms with Gasteiger partial charge in [0.2, 0.25) is 5.91 Å². The van der Waals surface area contributed by atoms with E-state index in [2.05, 4.69) is 0 Å². The maximum atomic E-state index is 12.2. The lowest BCUT2D eigenvalue weighted by Gasteiger charge is -2.31. The molecular weight excluding hydrogens is 258 g/mol. The van der Waals surface area contributed by atoms with Crippen molar-refractivity contribution < 1.29 is 19.4 Å². The summed E-state index contributed by atoms with van der Waals surface area (Å²) in [6.45, 7) is 2.88. The van der Waals surface area contributed by atoms with Gasteiger partial charge >= 0.3 is 5.97 Å². The Morgan fingerprint density at radius 2 is 2.10 bits per heavy atom. The summed E-state index contributed by atoms with van der Waals surface area (Å²) in [6, 6.07) is 9.84. The van der Waals surface area contributed by atoms with E-state index in [0.717, 1.165) is 5.56 Å². The summed E-state index contributed by atoms with van der Waals surface area (Å²) in [5, 5.41) is 8.93. The maximum Gasteiger partial charge on any atom is 0.334 e. The minimum absolute atomic E-state index is 0.0177. The number of carbonyl (C=O) groups is 2. The molecule has 0 bridgehead atoms. The number of hydrogen-bond acceptors (Lipinski definition) is 3. The number of benzene rings is 1. The highest BCUT2D eigenvalue weighted by Gasteiger charge is 2.29. The van der Waals surface area contributed by atoms with E-state index < -0.39 is 12.1 Å². The number of morpholine rings is 1. The number of nitrogens with zero attached hydrogens (tertiary/aromatic N) is 1. The van der Waals surface area contributed by atoms with Crippen LogP contribution in [-0.2, 0) is 14.3 Å². The van der Waals surface area contributed by atoms with Gasteiger partial charge in [-0.2, -0.15) is 0 Å². The summed E-state index contributed by atoms with van der Waals surface area (Å²) in [6.07, 6.45) is -0.518. The third-order valence-electron chi connectivity index (χ3n) is 3.54. The summed E-state index contributed by atoms with van der Waals surface area (Å²) in [7, 11) is 0. The molecule has 1 aliphatic rings. The lowest BCUT2D eigenvalue weighted by atomic mass is 9.97. The van der Waals surface area contributed by atoms with E-state index in [1.807, 2.05) is 37.3 Å². The first-order valence-electron chi connectivity index (χ1n) is 6.75. The van der Waals surface area contributed by atoms with Gasteiger partial charge in [-0.25, -0.2) is 4.79 Å². The molecule has 20 heavy (non-hydrogen) atoms. The van der Waals surface area contributed by atoms with E-state index in [4.69, 9.17) is 9.84 Å². The quantitative estimate of drug-likeness (QED) is 0.905. The van der Waals surface area contributed by atoms with Crippen molar-refractivity contribution in [2.45, 2.75) is 25.4 Å². The zero-order chi connectivity index (χ0) is 14.5. The molecule has 2 rings (SSSR count). The zero-order valence-electron chi connectivity index (χ0n) is 11.5. The van der Waals surface area contributed by atoms with Gasteiger partial charge in [-0.05, 0) is 11.5 Å². The number of carboxylic acids is 1. The summed E-state index contributed by atoms with van der Waals surface area (Å²) in [4.78, 5) is 24.7. The SMILES string of the molecule is C[C@@H](CC(=O)N1CCO[C@@H](C(=O)O)C1)c1ccccc1. The van der Waals surface area contributed by atoms with Gasteiger partial charge in [-0.15, -0.1) is 0 Å². The molecule has 1 amide bonds.